The highest BCUT2D eigenvalue weighted by atomic mass is 32.2. The Bertz CT molecular complexity index is 1130. The van der Waals surface area contributed by atoms with Crippen LogP contribution in [0.4, 0.5) is 0 Å². The molecule has 176 valence electrons. The summed E-state index contributed by atoms with van der Waals surface area (Å²) < 4.78 is 32.3. The van der Waals surface area contributed by atoms with Crippen LogP contribution >= 0.6 is 0 Å². The molecule has 1 aliphatic heterocycles. The molecule has 0 aromatic heterocycles. The Labute approximate surface area is 193 Å². The molecule has 3 N–H and O–H groups in total. The summed E-state index contributed by atoms with van der Waals surface area (Å²) in [5.41, 5.74) is 6.17. The van der Waals surface area contributed by atoms with Crippen LogP contribution in [0.2, 0.25) is 0 Å². The zero-order chi connectivity index (χ0) is 24.0. The maximum atomic E-state index is 12.8. The van der Waals surface area contributed by atoms with Crippen molar-refractivity contribution in [3.8, 4) is 5.75 Å². The van der Waals surface area contributed by atoms with Gasteiger partial charge in [-0.15, -0.1) is 0 Å². The van der Waals surface area contributed by atoms with E-state index in [9.17, 15) is 22.8 Å². The van der Waals surface area contributed by atoms with Crippen LogP contribution in [0.15, 0.2) is 53.4 Å². The van der Waals surface area contributed by atoms with Crippen molar-refractivity contribution in [3.63, 3.8) is 0 Å². The lowest BCUT2D eigenvalue weighted by Crippen LogP contribution is -2.43. The third-order valence-electron chi connectivity index (χ3n) is 5.39. The standard InChI is InChI=1S/C23H27N3O6S/c1-16(27)20(13-17-7-3-2-4-8-17)25-22(28)15-32-21-10-9-18(14-19(21)23(24)29)33(30,31)26-11-5-6-12-26/h2-4,7-10,14,20H,5-6,11-13,15H2,1H3,(H2,24,29)(H,25,28). The molecule has 33 heavy (non-hydrogen) atoms. The van der Waals surface area contributed by atoms with Crippen molar-refractivity contribution in [2.24, 2.45) is 5.73 Å². The number of benzene rings is 2. The topological polar surface area (TPSA) is 136 Å². The number of carbonyl (C=O) groups excluding carboxylic acids is 3. The van der Waals surface area contributed by atoms with Gasteiger partial charge in [0.05, 0.1) is 16.5 Å². The predicted molar refractivity (Wildman–Crippen MR) is 121 cm³/mol. The Morgan fingerprint density at radius 3 is 2.36 bits per heavy atom. The number of nitrogens with zero attached hydrogens (tertiary/aromatic N) is 1. The smallest absolute Gasteiger partial charge is 0.258 e. The van der Waals surface area contributed by atoms with Crippen molar-refractivity contribution in [1.29, 1.82) is 0 Å². The Balaban J connectivity index is 1.69. The Morgan fingerprint density at radius 1 is 1.09 bits per heavy atom. The Hall–Kier alpha value is -3.24. The van der Waals surface area contributed by atoms with Gasteiger partial charge in [-0.1, -0.05) is 30.3 Å². The molecule has 1 saturated heterocycles. The van der Waals surface area contributed by atoms with E-state index in [-0.39, 0.29) is 22.0 Å². The molecule has 0 aliphatic carbocycles. The summed E-state index contributed by atoms with van der Waals surface area (Å²) in [7, 11) is -3.74. The average molecular weight is 474 g/mol. The van der Waals surface area contributed by atoms with Gasteiger partial charge in [-0.25, -0.2) is 8.42 Å². The van der Waals surface area contributed by atoms with Crippen LogP contribution in [0.5, 0.6) is 5.75 Å². The lowest BCUT2D eigenvalue weighted by Gasteiger charge is -2.18. The van der Waals surface area contributed by atoms with Crippen LogP contribution in [0.1, 0.15) is 35.7 Å². The van der Waals surface area contributed by atoms with Gasteiger partial charge in [0.15, 0.2) is 12.4 Å². The first-order valence-electron chi connectivity index (χ1n) is 10.6. The number of nitrogens with two attached hydrogens (primary N) is 1. The molecule has 1 heterocycles. The number of ketones is 1. The van der Waals surface area contributed by atoms with Gasteiger partial charge < -0.3 is 15.8 Å². The first-order chi connectivity index (χ1) is 15.7. The van der Waals surface area contributed by atoms with Crippen LogP contribution in [0, 0.1) is 0 Å². The van der Waals surface area contributed by atoms with Crippen molar-refractivity contribution in [3.05, 3.63) is 59.7 Å². The van der Waals surface area contributed by atoms with Crippen LogP contribution in [-0.2, 0) is 26.0 Å². The van der Waals surface area contributed by atoms with Gasteiger partial charge in [0, 0.05) is 13.1 Å². The second-order valence-electron chi connectivity index (χ2n) is 7.84. The van der Waals surface area contributed by atoms with Crippen molar-refractivity contribution in [1.82, 2.24) is 9.62 Å². The molecule has 2 amide bonds. The fraction of sp³-hybridized carbons (Fsp3) is 0.348. The molecule has 2 aromatic carbocycles. The average Bonchev–Trinajstić information content (AvgIpc) is 3.33. The normalized spacial score (nSPS) is 15.1. The molecule has 0 spiro atoms. The summed E-state index contributed by atoms with van der Waals surface area (Å²) in [6.07, 6.45) is 1.89. The summed E-state index contributed by atoms with van der Waals surface area (Å²) in [6, 6.07) is 12.3. The minimum absolute atomic E-state index is 0.0135. The second kappa shape index (κ2) is 10.6. The summed E-state index contributed by atoms with van der Waals surface area (Å²) in [5, 5.41) is 2.62. The molecular formula is C23H27N3O6S. The third kappa shape index (κ3) is 6.17. The molecule has 0 saturated carbocycles. The number of hydrogen-bond acceptors (Lipinski definition) is 6. The van der Waals surface area contributed by atoms with Gasteiger partial charge in [-0.2, -0.15) is 4.31 Å². The fourth-order valence-electron chi connectivity index (χ4n) is 3.59. The molecule has 9 nitrogen and oxygen atoms in total. The van der Waals surface area contributed by atoms with Gasteiger partial charge in [0.25, 0.3) is 11.8 Å². The number of hydrogen-bond donors (Lipinski definition) is 2. The number of carbonyl (C=O) groups is 3. The molecular weight excluding hydrogens is 446 g/mol. The monoisotopic (exact) mass is 473 g/mol. The molecule has 1 atom stereocenters. The molecule has 1 unspecified atom stereocenters. The van der Waals surface area contributed by atoms with E-state index in [1.807, 2.05) is 30.3 Å². The zero-order valence-corrected chi connectivity index (χ0v) is 19.1. The third-order valence-corrected chi connectivity index (χ3v) is 7.28. The maximum absolute atomic E-state index is 12.8. The van der Waals surface area contributed by atoms with Crippen molar-refractivity contribution in [2.45, 2.75) is 37.1 Å². The number of amides is 2. The minimum atomic E-state index is -3.74. The van der Waals surface area contributed by atoms with E-state index in [4.69, 9.17) is 10.5 Å². The molecule has 0 radical (unpaired) electrons. The number of primary amides is 1. The molecule has 1 fully saturated rings. The van der Waals surface area contributed by atoms with Crippen molar-refractivity contribution >= 4 is 27.6 Å². The van der Waals surface area contributed by atoms with E-state index in [0.717, 1.165) is 24.5 Å². The second-order valence-corrected chi connectivity index (χ2v) is 9.78. The lowest BCUT2D eigenvalue weighted by molar-refractivity contribution is -0.128. The molecule has 2 aromatic rings. The molecule has 0 bridgehead atoms. The molecule has 3 rings (SSSR count). The SMILES string of the molecule is CC(=O)C(Cc1ccccc1)NC(=O)COc1ccc(S(=O)(=O)N2CCCC2)cc1C(N)=O. The number of rotatable bonds is 10. The largest absolute Gasteiger partial charge is 0.483 e. The van der Waals surface area contributed by atoms with Gasteiger partial charge in [-0.05, 0) is 49.9 Å². The molecule has 1 aliphatic rings. The van der Waals surface area contributed by atoms with Crippen LogP contribution in [0.25, 0.3) is 0 Å². The van der Waals surface area contributed by atoms with E-state index in [1.54, 1.807) is 0 Å². The quantitative estimate of drug-likeness (QED) is 0.533. The van der Waals surface area contributed by atoms with E-state index in [0.29, 0.717) is 19.5 Å². The Kier molecular flexibility index (Phi) is 7.83. The lowest BCUT2D eigenvalue weighted by atomic mass is 10.0. The summed E-state index contributed by atoms with van der Waals surface area (Å²) in [6.45, 7) is 1.76. The summed E-state index contributed by atoms with van der Waals surface area (Å²) in [4.78, 5) is 36.2. The minimum Gasteiger partial charge on any atom is -0.483 e. The summed E-state index contributed by atoms with van der Waals surface area (Å²) >= 11 is 0. The highest BCUT2D eigenvalue weighted by molar-refractivity contribution is 7.89. The first-order valence-corrected chi connectivity index (χ1v) is 12.0. The van der Waals surface area contributed by atoms with Crippen LogP contribution < -0.4 is 15.8 Å². The van der Waals surface area contributed by atoms with Crippen molar-refractivity contribution in [2.75, 3.05) is 19.7 Å². The zero-order valence-electron chi connectivity index (χ0n) is 18.3. The van der Waals surface area contributed by atoms with E-state index < -0.39 is 34.5 Å². The molecule has 10 heteroatoms. The van der Waals surface area contributed by atoms with Crippen LogP contribution in [-0.4, -0.2) is 56.1 Å². The van der Waals surface area contributed by atoms with Gasteiger partial charge in [0.2, 0.25) is 10.0 Å². The van der Waals surface area contributed by atoms with E-state index in [2.05, 4.69) is 5.32 Å². The number of nitrogens with one attached hydrogen (secondary N) is 1. The number of ether oxygens (including phenoxy) is 1. The van der Waals surface area contributed by atoms with E-state index in [1.165, 1.54) is 23.4 Å². The van der Waals surface area contributed by atoms with Crippen LogP contribution in [0.3, 0.4) is 0 Å². The summed E-state index contributed by atoms with van der Waals surface area (Å²) in [5.74, 6) is -1.66. The Morgan fingerprint density at radius 2 is 1.76 bits per heavy atom. The fourth-order valence-corrected chi connectivity index (χ4v) is 5.13. The van der Waals surface area contributed by atoms with Gasteiger partial charge >= 0.3 is 0 Å². The highest BCUT2D eigenvalue weighted by Crippen LogP contribution is 2.26. The van der Waals surface area contributed by atoms with Gasteiger partial charge in [-0.3, -0.25) is 14.4 Å². The maximum Gasteiger partial charge on any atom is 0.258 e. The predicted octanol–water partition coefficient (Wildman–Crippen LogP) is 1.27. The number of Topliss-reactive ketones (excluding diaryl/α,β-unsaturated/α-hetero) is 1. The van der Waals surface area contributed by atoms with Crippen molar-refractivity contribution < 1.29 is 27.5 Å². The van der Waals surface area contributed by atoms with E-state index >= 15 is 0 Å². The number of sulfonamides is 1. The first kappa shape index (κ1) is 24.4. The van der Waals surface area contributed by atoms with Gasteiger partial charge in [0.1, 0.15) is 5.75 Å². The highest BCUT2D eigenvalue weighted by Gasteiger charge is 2.28.